The van der Waals surface area contributed by atoms with Crippen LogP contribution in [-0.2, 0) is 27.4 Å². The SMILES string of the molecule is COC(=O)C(CNCC(C)C)n1c(=O)n2n(c1=O)C(C(=O)NCc1ccc(N)nc1C)C=CC2. The lowest BCUT2D eigenvalue weighted by Gasteiger charge is -2.20. The molecule has 4 N–H and O–H groups in total. The first-order valence-corrected chi connectivity index (χ1v) is 11.0. The van der Waals surface area contributed by atoms with Crippen molar-refractivity contribution in [3.63, 3.8) is 0 Å². The predicted octanol–water partition coefficient (Wildman–Crippen LogP) is -0.516. The predicted molar refractivity (Wildman–Crippen MR) is 125 cm³/mol. The highest BCUT2D eigenvalue weighted by molar-refractivity contribution is 5.82. The monoisotopic (exact) mass is 473 g/mol. The van der Waals surface area contributed by atoms with Crippen LogP contribution in [-0.4, -0.2) is 51.0 Å². The van der Waals surface area contributed by atoms with Crippen molar-refractivity contribution >= 4 is 17.7 Å². The van der Waals surface area contributed by atoms with E-state index >= 15 is 0 Å². The number of nitrogen functional groups attached to an aromatic ring is 1. The molecule has 2 unspecified atom stereocenters. The molecule has 0 radical (unpaired) electrons. The van der Waals surface area contributed by atoms with Gasteiger partial charge < -0.3 is 21.1 Å². The Morgan fingerprint density at radius 2 is 1.97 bits per heavy atom. The molecule has 1 aliphatic rings. The summed E-state index contributed by atoms with van der Waals surface area (Å²) in [5, 5.41) is 5.86. The number of allylic oxidation sites excluding steroid dienone is 1. The van der Waals surface area contributed by atoms with E-state index in [0.29, 0.717) is 24.0 Å². The summed E-state index contributed by atoms with van der Waals surface area (Å²) in [5.41, 5.74) is 5.67. The van der Waals surface area contributed by atoms with E-state index < -0.39 is 35.3 Å². The Morgan fingerprint density at radius 1 is 1.24 bits per heavy atom. The molecule has 2 aromatic rings. The van der Waals surface area contributed by atoms with E-state index in [-0.39, 0.29) is 19.6 Å². The first-order chi connectivity index (χ1) is 16.1. The number of carbonyl (C=O) groups is 2. The van der Waals surface area contributed by atoms with Crippen molar-refractivity contribution in [3.8, 4) is 0 Å². The third kappa shape index (κ3) is 5.11. The molecule has 3 heterocycles. The number of nitrogens with one attached hydrogen (secondary N) is 2. The van der Waals surface area contributed by atoms with Gasteiger partial charge in [0.25, 0.3) is 0 Å². The summed E-state index contributed by atoms with van der Waals surface area (Å²) < 4.78 is 7.92. The number of pyridine rings is 1. The number of nitrogens with zero attached hydrogens (tertiary/aromatic N) is 4. The van der Waals surface area contributed by atoms with Gasteiger partial charge in [-0.1, -0.05) is 32.1 Å². The van der Waals surface area contributed by atoms with Crippen LogP contribution >= 0.6 is 0 Å². The number of rotatable bonds is 9. The number of ether oxygens (including phenoxy) is 1. The molecule has 0 spiro atoms. The van der Waals surface area contributed by atoms with Crippen LogP contribution in [0.2, 0.25) is 0 Å². The van der Waals surface area contributed by atoms with Gasteiger partial charge in [-0.3, -0.25) is 4.79 Å². The van der Waals surface area contributed by atoms with Gasteiger partial charge in [-0.15, -0.1) is 0 Å². The molecule has 0 bridgehead atoms. The summed E-state index contributed by atoms with van der Waals surface area (Å²) in [6.07, 6.45) is 3.19. The number of methoxy groups -OCH3 is 1. The van der Waals surface area contributed by atoms with E-state index in [1.54, 1.807) is 31.2 Å². The van der Waals surface area contributed by atoms with Gasteiger partial charge in [0, 0.05) is 18.8 Å². The molecule has 12 heteroatoms. The number of fused-ring (bicyclic) bond motifs is 1. The first-order valence-electron chi connectivity index (χ1n) is 11.0. The summed E-state index contributed by atoms with van der Waals surface area (Å²) in [6.45, 7) is 6.66. The fraction of sp³-hybridized carbons (Fsp3) is 0.500. The van der Waals surface area contributed by atoms with E-state index in [4.69, 9.17) is 10.5 Å². The molecule has 184 valence electrons. The molecule has 0 saturated heterocycles. The molecular weight excluding hydrogens is 442 g/mol. The van der Waals surface area contributed by atoms with Gasteiger partial charge in [0.05, 0.1) is 13.7 Å². The number of hydrogen-bond acceptors (Lipinski definition) is 8. The summed E-state index contributed by atoms with van der Waals surface area (Å²) >= 11 is 0. The second kappa shape index (κ2) is 10.5. The van der Waals surface area contributed by atoms with Gasteiger partial charge in [0.1, 0.15) is 5.82 Å². The second-order valence-electron chi connectivity index (χ2n) is 8.52. The Hall–Kier alpha value is -3.67. The van der Waals surface area contributed by atoms with Crippen LogP contribution in [0.4, 0.5) is 5.82 Å². The molecule has 34 heavy (non-hydrogen) atoms. The zero-order valence-electron chi connectivity index (χ0n) is 19.8. The van der Waals surface area contributed by atoms with Crippen LogP contribution in [0.25, 0.3) is 0 Å². The Labute approximate surface area is 196 Å². The normalized spacial score (nSPS) is 15.7. The average Bonchev–Trinajstić information content (AvgIpc) is 3.05. The zero-order valence-corrected chi connectivity index (χ0v) is 19.8. The van der Waals surface area contributed by atoms with Gasteiger partial charge in [0.2, 0.25) is 5.91 Å². The Balaban J connectivity index is 1.89. The van der Waals surface area contributed by atoms with Crippen LogP contribution in [0.3, 0.4) is 0 Å². The van der Waals surface area contributed by atoms with Gasteiger partial charge >= 0.3 is 17.3 Å². The number of carbonyl (C=O) groups excluding carboxylic acids is 2. The zero-order chi connectivity index (χ0) is 25.0. The maximum Gasteiger partial charge on any atom is 0.349 e. The second-order valence-corrected chi connectivity index (χ2v) is 8.52. The lowest BCUT2D eigenvalue weighted by molar-refractivity contribution is -0.144. The third-order valence-electron chi connectivity index (χ3n) is 5.56. The van der Waals surface area contributed by atoms with E-state index in [1.807, 2.05) is 13.8 Å². The summed E-state index contributed by atoms with van der Waals surface area (Å²) in [5.74, 6) is -0.523. The van der Waals surface area contributed by atoms with Crippen molar-refractivity contribution in [2.24, 2.45) is 5.92 Å². The molecular formula is C22H31N7O5. The van der Waals surface area contributed by atoms with E-state index in [9.17, 15) is 19.2 Å². The van der Waals surface area contributed by atoms with Gasteiger partial charge in [-0.05, 0) is 31.0 Å². The highest BCUT2D eigenvalue weighted by Crippen LogP contribution is 2.14. The van der Waals surface area contributed by atoms with Gasteiger partial charge in [-0.2, -0.15) is 0 Å². The minimum Gasteiger partial charge on any atom is -0.467 e. The van der Waals surface area contributed by atoms with Crippen molar-refractivity contribution in [2.75, 3.05) is 25.9 Å². The summed E-state index contributed by atoms with van der Waals surface area (Å²) in [4.78, 5) is 56.0. The van der Waals surface area contributed by atoms with Crippen molar-refractivity contribution in [1.82, 2.24) is 29.5 Å². The number of esters is 1. The van der Waals surface area contributed by atoms with Gasteiger partial charge in [-0.25, -0.2) is 33.3 Å². The van der Waals surface area contributed by atoms with Crippen molar-refractivity contribution in [3.05, 3.63) is 56.5 Å². The van der Waals surface area contributed by atoms with Crippen LogP contribution in [0.1, 0.15) is 37.2 Å². The number of aromatic nitrogens is 4. The topological polar surface area (TPSA) is 155 Å². The number of nitrogens with two attached hydrogens (primary N) is 1. The Bertz CT molecular complexity index is 1210. The molecule has 0 aliphatic carbocycles. The fourth-order valence-electron chi connectivity index (χ4n) is 3.79. The summed E-state index contributed by atoms with van der Waals surface area (Å²) in [7, 11) is 1.20. The molecule has 2 atom stereocenters. The number of hydrogen-bond donors (Lipinski definition) is 3. The lowest BCUT2D eigenvalue weighted by Crippen LogP contribution is -2.43. The van der Waals surface area contributed by atoms with E-state index in [0.717, 1.165) is 19.5 Å². The quantitative estimate of drug-likeness (QED) is 0.325. The molecule has 12 nitrogen and oxygen atoms in total. The van der Waals surface area contributed by atoms with Gasteiger partial charge in [0.15, 0.2) is 12.1 Å². The molecule has 0 fully saturated rings. The van der Waals surface area contributed by atoms with Crippen LogP contribution < -0.4 is 27.7 Å². The Morgan fingerprint density at radius 3 is 2.62 bits per heavy atom. The smallest absolute Gasteiger partial charge is 0.349 e. The molecule has 0 aromatic carbocycles. The van der Waals surface area contributed by atoms with E-state index in [1.165, 1.54) is 7.11 Å². The standard InChI is InChI=1S/C22H31N7O5/c1-13(2)10-24-12-17(20(31)34-4)28-21(32)27-9-5-6-16(29(27)22(28)33)19(30)25-11-15-7-8-18(23)26-14(15)3/h5-8,13,16-17,24H,9-12H2,1-4H3,(H2,23,26)(H,25,30). The van der Waals surface area contributed by atoms with E-state index in [2.05, 4.69) is 15.6 Å². The largest absolute Gasteiger partial charge is 0.467 e. The molecule has 1 amide bonds. The first kappa shape index (κ1) is 25.0. The third-order valence-corrected chi connectivity index (χ3v) is 5.56. The highest BCUT2D eigenvalue weighted by Gasteiger charge is 2.33. The number of aryl methyl sites for hydroxylation is 1. The van der Waals surface area contributed by atoms with Crippen molar-refractivity contribution in [1.29, 1.82) is 0 Å². The lowest BCUT2D eigenvalue weighted by atomic mass is 10.2. The minimum atomic E-state index is -1.17. The average molecular weight is 474 g/mol. The molecule has 0 saturated carbocycles. The van der Waals surface area contributed by atoms with Crippen molar-refractivity contribution in [2.45, 2.75) is 45.9 Å². The number of anilines is 1. The maximum atomic E-state index is 13.3. The number of amides is 1. The van der Waals surface area contributed by atoms with Crippen LogP contribution in [0.5, 0.6) is 0 Å². The maximum absolute atomic E-state index is 13.3. The molecule has 3 rings (SSSR count). The van der Waals surface area contributed by atoms with Crippen molar-refractivity contribution < 1.29 is 14.3 Å². The highest BCUT2D eigenvalue weighted by atomic mass is 16.5. The minimum absolute atomic E-state index is 0.0394. The van der Waals surface area contributed by atoms with Crippen LogP contribution in [0.15, 0.2) is 33.9 Å². The molecule has 2 aromatic heterocycles. The summed E-state index contributed by atoms with van der Waals surface area (Å²) in [6, 6.07) is 1.18. The Kier molecular flexibility index (Phi) is 7.72. The van der Waals surface area contributed by atoms with Crippen LogP contribution in [0, 0.1) is 12.8 Å². The molecule has 1 aliphatic heterocycles. The fourth-order valence-corrected chi connectivity index (χ4v) is 3.79.